The highest BCUT2D eigenvalue weighted by molar-refractivity contribution is 7.16. The van der Waals surface area contributed by atoms with Crippen LogP contribution in [0.1, 0.15) is 49.2 Å². The van der Waals surface area contributed by atoms with Crippen LogP contribution in [0.3, 0.4) is 0 Å². The molecule has 0 fully saturated rings. The third kappa shape index (κ3) is 5.04. The number of pyridine rings is 3. The molecule has 38 heavy (non-hydrogen) atoms. The van der Waals surface area contributed by atoms with Gasteiger partial charge in [0.25, 0.3) is 18.2 Å². The summed E-state index contributed by atoms with van der Waals surface area (Å²) in [7, 11) is 1.50. The van der Waals surface area contributed by atoms with Gasteiger partial charge in [-0.05, 0) is 31.2 Å². The van der Waals surface area contributed by atoms with Crippen LogP contribution in [0.5, 0.6) is 5.75 Å². The van der Waals surface area contributed by atoms with Crippen molar-refractivity contribution in [1.29, 1.82) is 0 Å². The van der Waals surface area contributed by atoms with Gasteiger partial charge < -0.3 is 9.64 Å². The SMILES string of the molecule is COc1cnc(Cl)cc1-c1cc(C)ncc1C(=O)Nc1nc2c(s1)CN(C(=O)c1cccc(C(F)F)n1)C2. The lowest BCUT2D eigenvalue weighted by Crippen LogP contribution is -2.26. The number of carbonyl (C=O) groups is 2. The van der Waals surface area contributed by atoms with Crippen LogP contribution in [0.2, 0.25) is 5.15 Å². The first-order chi connectivity index (χ1) is 18.2. The van der Waals surface area contributed by atoms with Gasteiger partial charge >= 0.3 is 0 Å². The number of nitrogens with zero attached hydrogens (tertiary/aromatic N) is 5. The van der Waals surface area contributed by atoms with Crippen LogP contribution in [-0.4, -0.2) is 43.8 Å². The van der Waals surface area contributed by atoms with Crippen molar-refractivity contribution in [3.63, 3.8) is 0 Å². The first kappa shape index (κ1) is 25.6. The average Bonchev–Trinajstić information content (AvgIpc) is 3.47. The number of aromatic nitrogens is 4. The zero-order chi connectivity index (χ0) is 27.0. The molecule has 5 heterocycles. The largest absolute Gasteiger partial charge is 0.494 e. The molecule has 1 aliphatic heterocycles. The second kappa shape index (κ2) is 10.4. The standard InChI is InChI=1S/C25H19ClF2N6O3S/c1-12-6-13(14-7-21(26)30-9-19(14)37-2)15(8-29-12)23(35)33-25-32-18-10-34(11-20(18)38-25)24(36)17-5-3-4-16(31-17)22(27)28/h3-9,22H,10-11H2,1-2H3,(H,32,33,35). The Morgan fingerprint density at radius 2 is 1.95 bits per heavy atom. The quantitative estimate of drug-likeness (QED) is 0.320. The molecule has 9 nitrogen and oxygen atoms in total. The molecule has 0 saturated carbocycles. The molecule has 1 aliphatic rings. The minimum atomic E-state index is -2.77. The molecule has 13 heteroatoms. The van der Waals surface area contributed by atoms with Crippen molar-refractivity contribution in [2.45, 2.75) is 26.4 Å². The summed E-state index contributed by atoms with van der Waals surface area (Å²) in [5, 5.41) is 3.41. The predicted molar refractivity (Wildman–Crippen MR) is 137 cm³/mol. The molecule has 4 aromatic heterocycles. The number of anilines is 1. The molecule has 0 aromatic carbocycles. The number of hydrogen-bond donors (Lipinski definition) is 1. The molecule has 0 bridgehead atoms. The van der Waals surface area contributed by atoms with Crippen molar-refractivity contribution in [1.82, 2.24) is 24.8 Å². The number of amides is 2. The molecule has 5 rings (SSSR count). The molecule has 1 N–H and O–H groups in total. The summed E-state index contributed by atoms with van der Waals surface area (Å²) < 4.78 is 31.4. The van der Waals surface area contributed by atoms with E-state index in [0.717, 1.165) is 4.88 Å². The third-order valence-corrected chi connectivity index (χ3v) is 7.01. The Morgan fingerprint density at radius 1 is 1.13 bits per heavy atom. The van der Waals surface area contributed by atoms with Crippen LogP contribution in [0.15, 0.2) is 42.7 Å². The fourth-order valence-electron chi connectivity index (χ4n) is 4.01. The van der Waals surface area contributed by atoms with E-state index in [0.29, 0.717) is 33.4 Å². The summed E-state index contributed by atoms with van der Waals surface area (Å²) >= 11 is 7.34. The van der Waals surface area contributed by atoms with E-state index in [1.807, 2.05) is 0 Å². The first-order valence-electron chi connectivity index (χ1n) is 11.2. The van der Waals surface area contributed by atoms with Crippen molar-refractivity contribution >= 4 is 39.9 Å². The Labute approximate surface area is 224 Å². The fourth-order valence-corrected chi connectivity index (χ4v) is 5.15. The molecule has 0 spiro atoms. The number of methoxy groups -OCH3 is 1. The highest BCUT2D eigenvalue weighted by atomic mass is 35.5. The average molecular weight is 557 g/mol. The van der Waals surface area contributed by atoms with Crippen molar-refractivity contribution in [3.8, 4) is 16.9 Å². The molecule has 2 amide bonds. The molecule has 4 aromatic rings. The van der Waals surface area contributed by atoms with Crippen molar-refractivity contribution in [2.24, 2.45) is 0 Å². The smallest absolute Gasteiger partial charge is 0.280 e. The van der Waals surface area contributed by atoms with E-state index in [9.17, 15) is 18.4 Å². The number of rotatable bonds is 6. The number of halogens is 3. The molecule has 0 radical (unpaired) electrons. The molecular weight excluding hydrogens is 538 g/mol. The van der Waals surface area contributed by atoms with Gasteiger partial charge in [-0.3, -0.25) is 19.9 Å². The minimum absolute atomic E-state index is 0.0578. The Balaban J connectivity index is 1.34. The van der Waals surface area contributed by atoms with Gasteiger partial charge in [0.1, 0.15) is 22.3 Å². The van der Waals surface area contributed by atoms with Gasteiger partial charge in [0.05, 0.1) is 42.5 Å². The van der Waals surface area contributed by atoms with Crippen LogP contribution in [0.4, 0.5) is 13.9 Å². The Morgan fingerprint density at radius 3 is 2.68 bits per heavy atom. The molecular formula is C25H19ClF2N6O3S. The van der Waals surface area contributed by atoms with E-state index in [2.05, 4.69) is 25.3 Å². The molecule has 0 saturated heterocycles. The highest BCUT2D eigenvalue weighted by Gasteiger charge is 2.30. The van der Waals surface area contributed by atoms with Gasteiger partial charge in [0.2, 0.25) is 0 Å². The maximum Gasteiger partial charge on any atom is 0.280 e. The number of alkyl halides is 2. The van der Waals surface area contributed by atoms with Crippen molar-refractivity contribution in [3.05, 3.63) is 81.1 Å². The predicted octanol–water partition coefficient (Wildman–Crippen LogP) is 5.31. The summed E-state index contributed by atoms with van der Waals surface area (Å²) in [5.74, 6) is -0.458. The lowest BCUT2D eigenvalue weighted by Gasteiger charge is -2.15. The first-order valence-corrected chi connectivity index (χ1v) is 12.4. The minimum Gasteiger partial charge on any atom is -0.494 e. The lowest BCUT2D eigenvalue weighted by atomic mass is 10.0. The van der Waals surface area contributed by atoms with Crippen LogP contribution in [0.25, 0.3) is 11.1 Å². The fraction of sp³-hybridized carbons (Fsp3) is 0.200. The summed E-state index contributed by atoms with van der Waals surface area (Å²) in [6.07, 6.45) is 0.180. The summed E-state index contributed by atoms with van der Waals surface area (Å²) in [5.41, 5.74) is 2.24. The summed E-state index contributed by atoms with van der Waals surface area (Å²) in [6.45, 7) is 2.20. The van der Waals surface area contributed by atoms with Gasteiger partial charge in [-0.1, -0.05) is 29.0 Å². The Kier molecular flexibility index (Phi) is 7.00. The number of hydrogen-bond acceptors (Lipinski definition) is 8. The van der Waals surface area contributed by atoms with E-state index < -0.39 is 23.9 Å². The van der Waals surface area contributed by atoms with Crippen molar-refractivity contribution in [2.75, 3.05) is 12.4 Å². The van der Waals surface area contributed by atoms with Crippen LogP contribution in [0, 0.1) is 6.92 Å². The number of aryl methyl sites for hydroxylation is 1. The zero-order valence-corrected chi connectivity index (χ0v) is 21.6. The van der Waals surface area contributed by atoms with Crippen LogP contribution >= 0.6 is 22.9 Å². The topological polar surface area (TPSA) is 110 Å². The number of thiazole rings is 1. The van der Waals surface area contributed by atoms with E-state index in [1.54, 1.807) is 19.1 Å². The van der Waals surface area contributed by atoms with E-state index >= 15 is 0 Å². The number of carbonyl (C=O) groups excluding carboxylic acids is 2. The maximum atomic E-state index is 13.3. The molecule has 194 valence electrons. The van der Waals surface area contributed by atoms with Gasteiger partial charge in [-0.25, -0.2) is 23.7 Å². The van der Waals surface area contributed by atoms with E-state index in [-0.39, 0.29) is 29.5 Å². The number of fused-ring (bicyclic) bond motifs is 1. The normalized spacial score (nSPS) is 12.5. The monoisotopic (exact) mass is 556 g/mol. The lowest BCUT2D eigenvalue weighted by molar-refractivity contribution is 0.0743. The second-order valence-corrected chi connectivity index (χ2v) is 9.80. The summed E-state index contributed by atoms with van der Waals surface area (Å²) in [6, 6.07) is 7.32. The van der Waals surface area contributed by atoms with E-state index in [1.165, 1.54) is 53.9 Å². The third-order valence-electron chi connectivity index (χ3n) is 5.80. The maximum absolute atomic E-state index is 13.3. The van der Waals surface area contributed by atoms with Gasteiger partial charge in [-0.15, -0.1) is 0 Å². The molecule has 0 unspecified atom stereocenters. The van der Waals surface area contributed by atoms with E-state index in [4.69, 9.17) is 16.3 Å². The second-order valence-electron chi connectivity index (χ2n) is 8.33. The highest BCUT2D eigenvalue weighted by Crippen LogP contribution is 2.35. The van der Waals surface area contributed by atoms with Crippen molar-refractivity contribution < 1.29 is 23.1 Å². The van der Waals surface area contributed by atoms with Crippen LogP contribution < -0.4 is 10.1 Å². The Hall–Kier alpha value is -4.03. The van der Waals surface area contributed by atoms with Gasteiger partial charge in [0, 0.05) is 23.0 Å². The van der Waals surface area contributed by atoms with Gasteiger partial charge in [-0.2, -0.15) is 0 Å². The zero-order valence-electron chi connectivity index (χ0n) is 20.0. The number of nitrogens with one attached hydrogen (secondary N) is 1. The summed E-state index contributed by atoms with van der Waals surface area (Å²) in [4.78, 5) is 44.9. The molecule has 0 atom stereocenters. The Bertz CT molecular complexity index is 1540. The number of ether oxygens (including phenoxy) is 1. The van der Waals surface area contributed by atoms with Crippen LogP contribution in [-0.2, 0) is 13.1 Å². The van der Waals surface area contributed by atoms with Gasteiger partial charge in [0.15, 0.2) is 5.13 Å². The molecule has 0 aliphatic carbocycles.